The molecule has 0 fully saturated rings. The van der Waals surface area contributed by atoms with E-state index < -0.39 is 0 Å². The van der Waals surface area contributed by atoms with E-state index in [0.717, 1.165) is 34.6 Å². The van der Waals surface area contributed by atoms with Crippen LogP contribution in [0.5, 0.6) is 0 Å². The predicted molar refractivity (Wildman–Crippen MR) is 87.7 cm³/mol. The van der Waals surface area contributed by atoms with Crippen molar-refractivity contribution in [2.24, 2.45) is 0 Å². The average molecular weight is 309 g/mol. The number of carbonyl (C=O) groups excluding carboxylic acids is 1. The Morgan fingerprint density at radius 2 is 2.17 bits per heavy atom. The molecular formula is C18H19N3O2. The number of allylic oxidation sites excluding steroid dienone is 1. The highest BCUT2D eigenvalue weighted by atomic mass is 16.5. The second-order valence-corrected chi connectivity index (χ2v) is 5.85. The summed E-state index contributed by atoms with van der Waals surface area (Å²) in [7, 11) is 0. The van der Waals surface area contributed by atoms with Gasteiger partial charge in [-0.25, -0.2) is 9.48 Å². The fourth-order valence-electron chi connectivity index (χ4n) is 3.66. The van der Waals surface area contributed by atoms with E-state index in [1.54, 1.807) is 0 Å². The third-order valence-corrected chi connectivity index (χ3v) is 4.66. The molecule has 0 amide bonds. The molecular weight excluding hydrogens is 290 g/mol. The first-order chi connectivity index (χ1) is 11.2. The number of rotatable bonds is 2. The molecule has 1 unspecified atom stereocenters. The SMILES string of the molecule is CCOC(=O)C1=C(C)N2c3ccccc3-c3ccnn3C2CC1. The number of benzene rings is 1. The van der Waals surface area contributed by atoms with Gasteiger partial charge in [0.1, 0.15) is 6.17 Å². The van der Waals surface area contributed by atoms with Gasteiger partial charge in [-0.05, 0) is 38.8 Å². The molecule has 4 rings (SSSR count). The lowest BCUT2D eigenvalue weighted by Gasteiger charge is -2.43. The molecule has 0 aliphatic carbocycles. The Labute approximate surface area is 135 Å². The van der Waals surface area contributed by atoms with Gasteiger partial charge in [0.25, 0.3) is 0 Å². The lowest BCUT2D eigenvalue weighted by atomic mass is 9.95. The van der Waals surface area contributed by atoms with E-state index in [0.29, 0.717) is 13.0 Å². The highest BCUT2D eigenvalue weighted by Crippen LogP contribution is 2.46. The van der Waals surface area contributed by atoms with Gasteiger partial charge in [-0.3, -0.25) is 0 Å². The fraction of sp³-hybridized carbons (Fsp3) is 0.333. The van der Waals surface area contributed by atoms with Crippen molar-refractivity contribution in [3.8, 4) is 11.3 Å². The summed E-state index contributed by atoms with van der Waals surface area (Å²) in [5.41, 5.74) is 5.14. The normalized spacial score (nSPS) is 19.0. The van der Waals surface area contributed by atoms with E-state index in [1.165, 1.54) is 0 Å². The zero-order valence-corrected chi connectivity index (χ0v) is 13.3. The molecule has 0 saturated carbocycles. The van der Waals surface area contributed by atoms with Crippen LogP contribution < -0.4 is 4.90 Å². The third kappa shape index (κ3) is 2.00. The van der Waals surface area contributed by atoms with Crippen molar-refractivity contribution in [2.75, 3.05) is 11.5 Å². The van der Waals surface area contributed by atoms with E-state index in [4.69, 9.17) is 4.74 Å². The molecule has 5 heteroatoms. The summed E-state index contributed by atoms with van der Waals surface area (Å²) in [6.45, 7) is 4.24. The van der Waals surface area contributed by atoms with E-state index in [-0.39, 0.29) is 12.1 Å². The number of ether oxygens (including phenoxy) is 1. The van der Waals surface area contributed by atoms with Crippen molar-refractivity contribution >= 4 is 11.7 Å². The van der Waals surface area contributed by atoms with E-state index in [1.807, 2.05) is 32.2 Å². The Balaban J connectivity index is 1.88. The number of hydrogen-bond donors (Lipinski definition) is 0. The highest BCUT2D eigenvalue weighted by Gasteiger charge is 2.37. The summed E-state index contributed by atoms with van der Waals surface area (Å²) >= 11 is 0. The molecule has 0 spiro atoms. The van der Waals surface area contributed by atoms with Crippen LogP contribution in [-0.4, -0.2) is 22.4 Å². The average Bonchev–Trinajstić information content (AvgIpc) is 3.05. The molecule has 2 aliphatic heterocycles. The fourth-order valence-corrected chi connectivity index (χ4v) is 3.66. The van der Waals surface area contributed by atoms with Crippen LogP contribution in [0.25, 0.3) is 11.3 Å². The van der Waals surface area contributed by atoms with Crippen molar-refractivity contribution < 1.29 is 9.53 Å². The van der Waals surface area contributed by atoms with Crippen LogP contribution in [0.2, 0.25) is 0 Å². The van der Waals surface area contributed by atoms with Crippen LogP contribution >= 0.6 is 0 Å². The third-order valence-electron chi connectivity index (χ3n) is 4.66. The quantitative estimate of drug-likeness (QED) is 0.797. The predicted octanol–water partition coefficient (Wildman–Crippen LogP) is 3.50. The molecule has 5 nitrogen and oxygen atoms in total. The topological polar surface area (TPSA) is 47.4 Å². The van der Waals surface area contributed by atoms with Gasteiger partial charge < -0.3 is 9.64 Å². The lowest BCUT2D eigenvalue weighted by Crippen LogP contribution is -2.39. The first-order valence-corrected chi connectivity index (χ1v) is 8.01. The minimum absolute atomic E-state index is 0.119. The second kappa shape index (κ2) is 5.26. The first kappa shape index (κ1) is 14.1. The molecule has 1 atom stereocenters. The summed E-state index contributed by atoms with van der Waals surface area (Å²) in [5.74, 6) is -0.202. The standard InChI is InChI=1S/C18H19N3O2/c1-3-23-18(22)13-8-9-17-20(12(13)2)15-7-5-4-6-14(15)16-10-11-19-21(16)17/h4-7,10-11,17H,3,8-9H2,1-2H3. The molecule has 3 heterocycles. The summed E-state index contributed by atoms with van der Waals surface area (Å²) in [5, 5.41) is 4.52. The number of fused-ring (bicyclic) bond motifs is 6. The minimum Gasteiger partial charge on any atom is -0.463 e. The van der Waals surface area contributed by atoms with Gasteiger partial charge in [-0.1, -0.05) is 18.2 Å². The Kier molecular flexibility index (Phi) is 3.22. The van der Waals surface area contributed by atoms with Crippen LogP contribution in [0, 0.1) is 0 Å². The van der Waals surface area contributed by atoms with Crippen LogP contribution in [0.4, 0.5) is 5.69 Å². The summed E-state index contributed by atoms with van der Waals surface area (Å²) in [4.78, 5) is 14.5. The maximum atomic E-state index is 12.3. The summed E-state index contributed by atoms with van der Waals surface area (Å²) in [6.07, 6.45) is 3.52. The molecule has 0 saturated heterocycles. The molecule has 118 valence electrons. The molecule has 0 radical (unpaired) electrons. The smallest absolute Gasteiger partial charge is 0.335 e. The molecule has 1 aromatic carbocycles. The van der Waals surface area contributed by atoms with Crippen LogP contribution in [-0.2, 0) is 9.53 Å². The second-order valence-electron chi connectivity index (χ2n) is 5.85. The van der Waals surface area contributed by atoms with Crippen LogP contribution in [0.3, 0.4) is 0 Å². The number of para-hydroxylation sites is 1. The molecule has 2 aromatic rings. The minimum atomic E-state index is -0.202. The summed E-state index contributed by atoms with van der Waals surface area (Å²) < 4.78 is 7.29. The van der Waals surface area contributed by atoms with Gasteiger partial charge in [0.05, 0.1) is 23.6 Å². The van der Waals surface area contributed by atoms with Gasteiger partial charge in [0.15, 0.2) is 0 Å². The Hall–Kier alpha value is -2.56. The van der Waals surface area contributed by atoms with Crippen molar-refractivity contribution in [1.29, 1.82) is 0 Å². The van der Waals surface area contributed by atoms with E-state index in [2.05, 4.69) is 32.9 Å². The Morgan fingerprint density at radius 1 is 1.35 bits per heavy atom. The van der Waals surface area contributed by atoms with Gasteiger partial charge in [0.2, 0.25) is 0 Å². The summed E-state index contributed by atoms with van der Waals surface area (Å²) in [6, 6.07) is 10.3. The van der Waals surface area contributed by atoms with Crippen molar-refractivity contribution in [3.05, 3.63) is 47.8 Å². The van der Waals surface area contributed by atoms with Crippen LogP contribution in [0.15, 0.2) is 47.8 Å². The van der Waals surface area contributed by atoms with E-state index in [9.17, 15) is 4.79 Å². The molecule has 1 aromatic heterocycles. The monoisotopic (exact) mass is 309 g/mol. The largest absolute Gasteiger partial charge is 0.463 e. The maximum Gasteiger partial charge on any atom is 0.335 e. The zero-order valence-electron chi connectivity index (χ0n) is 13.3. The molecule has 0 bridgehead atoms. The van der Waals surface area contributed by atoms with Gasteiger partial charge >= 0.3 is 5.97 Å². The number of aromatic nitrogens is 2. The maximum absolute atomic E-state index is 12.3. The van der Waals surface area contributed by atoms with Crippen LogP contribution in [0.1, 0.15) is 32.9 Å². The zero-order chi connectivity index (χ0) is 16.0. The van der Waals surface area contributed by atoms with Gasteiger partial charge in [0, 0.05) is 17.5 Å². The molecule has 2 aliphatic rings. The van der Waals surface area contributed by atoms with Crippen molar-refractivity contribution in [2.45, 2.75) is 32.9 Å². The van der Waals surface area contributed by atoms with E-state index >= 15 is 0 Å². The Morgan fingerprint density at radius 3 is 3.00 bits per heavy atom. The number of esters is 1. The molecule has 23 heavy (non-hydrogen) atoms. The first-order valence-electron chi connectivity index (χ1n) is 8.01. The highest BCUT2D eigenvalue weighted by molar-refractivity contribution is 5.91. The van der Waals surface area contributed by atoms with Crippen molar-refractivity contribution in [3.63, 3.8) is 0 Å². The number of hydrogen-bond acceptors (Lipinski definition) is 4. The van der Waals surface area contributed by atoms with Gasteiger partial charge in [-0.2, -0.15) is 5.10 Å². The Bertz CT molecular complexity index is 806. The number of nitrogens with zero attached hydrogens (tertiary/aromatic N) is 3. The number of carbonyl (C=O) groups is 1. The molecule has 0 N–H and O–H groups in total. The lowest BCUT2D eigenvalue weighted by molar-refractivity contribution is -0.138. The van der Waals surface area contributed by atoms with Gasteiger partial charge in [-0.15, -0.1) is 0 Å². The van der Waals surface area contributed by atoms with Crippen molar-refractivity contribution in [1.82, 2.24) is 9.78 Å². The number of anilines is 1.